The SMILES string of the molecule is O=C(Nc1ccc(F)c(C(F)(F)F)c1)N[C@H]1CCCN(CC2=CC=CCC2)C1. The lowest BCUT2D eigenvalue weighted by molar-refractivity contribution is -0.139. The number of likely N-dealkylation sites (tertiary alicyclic amines) is 1. The highest BCUT2D eigenvalue weighted by Gasteiger charge is 2.34. The quantitative estimate of drug-likeness (QED) is 0.723. The molecule has 0 unspecified atom stereocenters. The number of carbonyl (C=O) groups excluding carboxylic acids is 1. The number of amides is 2. The summed E-state index contributed by atoms with van der Waals surface area (Å²) in [5.74, 6) is -1.37. The predicted molar refractivity (Wildman–Crippen MR) is 99.5 cm³/mol. The number of alkyl halides is 3. The molecule has 1 aliphatic heterocycles. The van der Waals surface area contributed by atoms with Crippen LogP contribution in [0.25, 0.3) is 0 Å². The standard InChI is InChI=1S/C20H23F4N3O/c21-18-9-8-15(11-17(18)20(22,23)24)25-19(28)26-16-7-4-10-27(13-16)12-14-5-2-1-3-6-14/h1-2,5,8-9,11,16H,3-4,6-7,10,12-13H2,(H2,25,26,28)/t16-/m0/s1. The number of piperidine rings is 1. The number of rotatable bonds is 4. The molecule has 1 aromatic carbocycles. The van der Waals surface area contributed by atoms with E-state index in [0.29, 0.717) is 18.7 Å². The molecule has 0 aromatic heterocycles. The van der Waals surface area contributed by atoms with Crippen LogP contribution in [-0.2, 0) is 6.18 Å². The molecule has 0 bridgehead atoms. The Hall–Kier alpha value is -2.35. The third-order valence-corrected chi connectivity index (χ3v) is 4.90. The van der Waals surface area contributed by atoms with Crippen LogP contribution in [0.5, 0.6) is 0 Å². The van der Waals surface area contributed by atoms with Gasteiger partial charge in [0, 0.05) is 24.8 Å². The van der Waals surface area contributed by atoms with Crippen LogP contribution in [0.3, 0.4) is 0 Å². The number of benzene rings is 1. The van der Waals surface area contributed by atoms with Gasteiger partial charge in [0.25, 0.3) is 0 Å². The first kappa shape index (κ1) is 20.4. The molecule has 1 fully saturated rings. The molecule has 0 saturated carbocycles. The summed E-state index contributed by atoms with van der Waals surface area (Å²) in [6.07, 6.45) is 5.32. The molecule has 2 N–H and O–H groups in total. The molecule has 0 radical (unpaired) electrons. The van der Waals surface area contributed by atoms with E-state index < -0.39 is 23.6 Å². The number of nitrogens with one attached hydrogen (secondary N) is 2. The predicted octanol–water partition coefficient (Wildman–Crippen LogP) is 4.71. The van der Waals surface area contributed by atoms with E-state index in [4.69, 9.17) is 0 Å². The van der Waals surface area contributed by atoms with Crippen LogP contribution >= 0.6 is 0 Å². The van der Waals surface area contributed by atoms with Gasteiger partial charge in [-0.25, -0.2) is 9.18 Å². The summed E-state index contributed by atoms with van der Waals surface area (Å²) in [6, 6.07) is 1.74. The average molecular weight is 397 g/mol. The molecule has 1 saturated heterocycles. The molecule has 2 aliphatic rings. The normalized spacial score (nSPS) is 20.6. The number of hydrogen-bond acceptors (Lipinski definition) is 2. The van der Waals surface area contributed by atoms with Crippen LogP contribution in [-0.4, -0.2) is 36.6 Å². The van der Waals surface area contributed by atoms with Crippen LogP contribution in [0.4, 0.5) is 28.0 Å². The average Bonchev–Trinajstić information content (AvgIpc) is 2.63. The van der Waals surface area contributed by atoms with E-state index in [1.54, 1.807) is 0 Å². The Morgan fingerprint density at radius 1 is 1.29 bits per heavy atom. The van der Waals surface area contributed by atoms with E-state index >= 15 is 0 Å². The number of anilines is 1. The van der Waals surface area contributed by atoms with Crippen molar-refractivity contribution in [1.29, 1.82) is 0 Å². The van der Waals surface area contributed by atoms with E-state index in [1.807, 2.05) is 0 Å². The zero-order valence-electron chi connectivity index (χ0n) is 15.4. The molecule has 1 heterocycles. The molecule has 8 heteroatoms. The van der Waals surface area contributed by atoms with Gasteiger partial charge in [0.15, 0.2) is 0 Å². The molecule has 0 spiro atoms. The minimum absolute atomic E-state index is 0.0870. The van der Waals surface area contributed by atoms with Crippen molar-refractivity contribution in [3.05, 3.63) is 53.4 Å². The van der Waals surface area contributed by atoms with Gasteiger partial charge in [0.05, 0.1) is 5.56 Å². The first-order valence-corrected chi connectivity index (χ1v) is 9.32. The Labute approximate surface area is 161 Å². The molecule has 3 rings (SSSR count). The second kappa shape index (κ2) is 8.77. The Morgan fingerprint density at radius 3 is 2.82 bits per heavy atom. The Balaban J connectivity index is 1.54. The fourth-order valence-corrected chi connectivity index (χ4v) is 3.56. The summed E-state index contributed by atoms with van der Waals surface area (Å²) >= 11 is 0. The van der Waals surface area contributed by atoms with Crippen LogP contribution in [0, 0.1) is 5.82 Å². The van der Waals surface area contributed by atoms with Crippen molar-refractivity contribution in [1.82, 2.24) is 10.2 Å². The maximum absolute atomic E-state index is 13.3. The van der Waals surface area contributed by atoms with Crippen molar-refractivity contribution in [3.8, 4) is 0 Å². The van der Waals surface area contributed by atoms with Gasteiger partial charge in [-0.1, -0.05) is 23.8 Å². The Morgan fingerprint density at radius 2 is 2.11 bits per heavy atom. The highest BCUT2D eigenvalue weighted by Crippen LogP contribution is 2.33. The van der Waals surface area contributed by atoms with Gasteiger partial charge in [0.1, 0.15) is 5.82 Å². The topological polar surface area (TPSA) is 44.4 Å². The zero-order chi connectivity index (χ0) is 20.1. The molecule has 1 aromatic rings. The lowest BCUT2D eigenvalue weighted by Gasteiger charge is -2.34. The summed E-state index contributed by atoms with van der Waals surface area (Å²) in [5, 5.41) is 5.18. The molecule has 1 atom stereocenters. The van der Waals surface area contributed by atoms with Crippen molar-refractivity contribution in [2.24, 2.45) is 0 Å². The molecular formula is C20H23F4N3O. The summed E-state index contributed by atoms with van der Waals surface area (Å²) in [4.78, 5) is 14.5. The van der Waals surface area contributed by atoms with Gasteiger partial charge < -0.3 is 10.6 Å². The molecular weight excluding hydrogens is 374 g/mol. The summed E-state index contributed by atoms with van der Waals surface area (Å²) in [6.45, 7) is 2.50. The Bertz CT molecular complexity index is 773. The van der Waals surface area contributed by atoms with Gasteiger partial charge in [-0.05, 0) is 50.4 Å². The largest absolute Gasteiger partial charge is 0.419 e. The fraction of sp³-hybridized carbons (Fsp3) is 0.450. The lowest BCUT2D eigenvalue weighted by atomic mass is 10.0. The van der Waals surface area contributed by atoms with E-state index in [9.17, 15) is 22.4 Å². The molecule has 4 nitrogen and oxygen atoms in total. The van der Waals surface area contributed by atoms with Crippen molar-refractivity contribution in [3.63, 3.8) is 0 Å². The number of urea groups is 1. The third kappa shape index (κ3) is 5.58. The monoisotopic (exact) mass is 397 g/mol. The number of allylic oxidation sites excluding steroid dienone is 3. The van der Waals surface area contributed by atoms with Crippen molar-refractivity contribution >= 4 is 11.7 Å². The first-order valence-electron chi connectivity index (χ1n) is 9.32. The highest BCUT2D eigenvalue weighted by atomic mass is 19.4. The van der Waals surface area contributed by atoms with Crippen molar-refractivity contribution in [2.45, 2.75) is 37.9 Å². The molecule has 152 valence electrons. The van der Waals surface area contributed by atoms with Gasteiger partial charge >= 0.3 is 12.2 Å². The lowest BCUT2D eigenvalue weighted by Crippen LogP contribution is -2.49. The van der Waals surface area contributed by atoms with Crippen LogP contribution in [0.15, 0.2) is 42.0 Å². The van der Waals surface area contributed by atoms with E-state index in [0.717, 1.165) is 44.8 Å². The second-order valence-corrected chi connectivity index (χ2v) is 7.16. The maximum Gasteiger partial charge on any atom is 0.419 e. The van der Waals surface area contributed by atoms with Gasteiger partial charge in [0.2, 0.25) is 0 Å². The van der Waals surface area contributed by atoms with Crippen molar-refractivity contribution < 1.29 is 22.4 Å². The minimum Gasteiger partial charge on any atom is -0.334 e. The van der Waals surface area contributed by atoms with Crippen LogP contribution < -0.4 is 10.6 Å². The smallest absolute Gasteiger partial charge is 0.334 e. The Kier molecular flexibility index (Phi) is 6.39. The zero-order valence-corrected chi connectivity index (χ0v) is 15.4. The highest BCUT2D eigenvalue weighted by molar-refractivity contribution is 5.89. The fourth-order valence-electron chi connectivity index (χ4n) is 3.56. The van der Waals surface area contributed by atoms with Crippen molar-refractivity contribution in [2.75, 3.05) is 25.0 Å². The number of nitrogens with zero attached hydrogens (tertiary/aromatic N) is 1. The number of carbonyl (C=O) groups is 1. The van der Waals surface area contributed by atoms with E-state index in [1.165, 1.54) is 5.57 Å². The van der Waals surface area contributed by atoms with Gasteiger partial charge in [-0.3, -0.25) is 4.90 Å². The molecule has 1 aliphatic carbocycles. The maximum atomic E-state index is 13.3. The summed E-state index contributed by atoms with van der Waals surface area (Å²) in [7, 11) is 0. The number of hydrogen-bond donors (Lipinski definition) is 2. The molecule has 2 amide bonds. The van der Waals surface area contributed by atoms with Gasteiger partial charge in [-0.2, -0.15) is 13.2 Å². The minimum atomic E-state index is -4.81. The third-order valence-electron chi connectivity index (χ3n) is 4.90. The van der Waals surface area contributed by atoms with E-state index in [-0.39, 0.29) is 11.7 Å². The number of halogens is 4. The summed E-state index contributed by atoms with van der Waals surface area (Å²) in [5.41, 5.74) is -0.138. The van der Waals surface area contributed by atoms with Crippen LogP contribution in [0.1, 0.15) is 31.2 Å². The van der Waals surface area contributed by atoms with E-state index in [2.05, 4.69) is 33.8 Å². The molecule has 28 heavy (non-hydrogen) atoms. The van der Waals surface area contributed by atoms with Gasteiger partial charge in [-0.15, -0.1) is 0 Å². The second-order valence-electron chi connectivity index (χ2n) is 7.16. The summed E-state index contributed by atoms with van der Waals surface area (Å²) < 4.78 is 51.7. The first-order chi connectivity index (χ1) is 13.3. The van der Waals surface area contributed by atoms with Crippen LogP contribution in [0.2, 0.25) is 0 Å².